The number of unbranched alkanes of at least 4 members (excludes halogenated alkanes) is 3. The van der Waals surface area contributed by atoms with Crippen molar-refractivity contribution in [1.29, 1.82) is 0 Å². The first-order valence-corrected chi connectivity index (χ1v) is 7.64. The predicted molar refractivity (Wildman–Crippen MR) is 83.2 cm³/mol. The Hall–Kier alpha value is -1.84. The molecule has 0 radical (unpaired) electrons. The molecule has 0 aliphatic carbocycles. The van der Waals surface area contributed by atoms with Gasteiger partial charge in [0.05, 0.1) is 13.0 Å². The van der Waals surface area contributed by atoms with Crippen LogP contribution in [0.3, 0.4) is 0 Å². The highest BCUT2D eigenvalue weighted by Crippen LogP contribution is 2.03. The van der Waals surface area contributed by atoms with Crippen LogP contribution in [0.15, 0.2) is 24.3 Å². The Morgan fingerprint density at radius 3 is 2.48 bits per heavy atom. The maximum atomic E-state index is 11.8. The summed E-state index contributed by atoms with van der Waals surface area (Å²) < 4.78 is 5.10. The summed E-state index contributed by atoms with van der Waals surface area (Å²) in [7, 11) is 0. The Kier molecular flexibility index (Phi) is 8.17. The van der Waals surface area contributed by atoms with Crippen LogP contribution >= 0.6 is 0 Å². The van der Waals surface area contributed by atoms with Gasteiger partial charge < -0.3 is 10.1 Å². The van der Waals surface area contributed by atoms with E-state index in [1.165, 1.54) is 12.8 Å². The monoisotopic (exact) mass is 291 g/mol. The SMILES string of the molecule is CCCCCCOC(=O)CCNC(=O)c1ccc(C)cc1. The van der Waals surface area contributed by atoms with E-state index in [2.05, 4.69) is 12.2 Å². The van der Waals surface area contributed by atoms with Crippen molar-refractivity contribution in [3.05, 3.63) is 35.4 Å². The molecule has 0 bridgehead atoms. The number of hydrogen-bond donors (Lipinski definition) is 1. The summed E-state index contributed by atoms with van der Waals surface area (Å²) >= 11 is 0. The molecule has 1 N–H and O–H groups in total. The Labute approximate surface area is 126 Å². The molecule has 0 fully saturated rings. The predicted octanol–water partition coefficient (Wildman–Crippen LogP) is 3.24. The van der Waals surface area contributed by atoms with Gasteiger partial charge in [-0.2, -0.15) is 0 Å². The first-order chi connectivity index (χ1) is 10.1. The van der Waals surface area contributed by atoms with Gasteiger partial charge in [-0.15, -0.1) is 0 Å². The van der Waals surface area contributed by atoms with Gasteiger partial charge in [0, 0.05) is 12.1 Å². The molecular formula is C17H25NO3. The maximum Gasteiger partial charge on any atom is 0.307 e. The van der Waals surface area contributed by atoms with E-state index in [1.807, 2.05) is 19.1 Å². The van der Waals surface area contributed by atoms with Gasteiger partial charge in [0.2, 0.25) is 0 Å². The average Bonchev–Trinajstić information content (AvgIpc) is 2.47. The van der Waals surface area contributed by atoms with Crippen molar-refractivity contribution < 1.29 is 14.3 Å². The Bertz CT molecular complexity index is 440. The minimum Gasteiger partial charge on any atom is -0.466 e. The van der Waals surface area contributed by atoms with Crippen LogP contribution < -0.4 is 5.32 Å². The summed E-state index contributed by atoms with van der Waals surface area (Å²) in [6, 6.07) is 7.33. The number of amides is 1. The molecule has 0 aromatic heterocycles. The van der Waals surface area contributed by atoms with Crippen LogP contribution in [0.2, 0.25) is 0 Å². The number of rotatable bonds is 9. The van der Waals surface area contributed by atoms with Crippen LogP contribution in [0.5, 0.6) is 0 Å². The van der Waals surface area contributed by atoms with Gasteiger partial charge in [0.1, 0.15) is 0 Å². The minimum atomic E-state index is -0.254. The van der Waals surface area contributed by atoms with Crippen molar-refractivity contribution in [2.24, 2.45) is 0 Å². The van der Waals surface area contributed by atoms with Gasteiger partial charge in [0.25, 0.3) is 5.91 Å². The fourth-order valence-corrected chi connectivity index (χ4v) is 1.87. The van der Waals surface area contributed by atoms with Gasteiger partial charge in [-0.05, 0) is 25.5 Å². The van der Waals surface area contributed by atoms with Gasteiger partial charge >= 0.3 is 5.97 Å². The number of benzene rings is 1. The average molecular weight is 291 g/mol. The van der Waals surface area contributed by atoms with E-state index in [-0.39, 0.29) is 18.3 Å². The highest BCUT2D eigenvalue weighted by atomic mass is 16.5. The molecule has 0 saturated carbocycles. The van der Waals surface area contributed by atoms with Crippen molar-refractivity contribution in [3.63, 3.8) is 0 Å². The van der Waals surface area contributed by atoms with E-state index in [4.69, 9.17) is 4.74 Å². The largest absolute Gasteiger partial charge is 0.466 e. The Morgan fingerprint density at radius 1 is 1.10 bits per heavy atom. The fourth-order valence-electron chi connectivity index (χ4n) is 1.87. The normalized spacial score (nSPS) is 10.2. The van der Waals surface area contributed by atoms with E-state index in [0.29, 0.717) is 18.7 Å². The molecule has 21 heavy (non-hydrogen) atoms. The third-order valence-corrected chi connectivity index (χ3v) is 3.19. The maximum absolute atomic E-state index is 11.8. The van der Waals surface area contributed by atoms with E-state index in [0.717, 1.165) is 18.4 Å². The lowest BCUT2D eigenvalue weighted by molar-refractivity contribution is -0.143. The van der Waals surface area contributed by atoms with Crippen LogP contribution in [0.4, 0.5) is 0 Å². The number of esters is 1. The first-order valence-electron chi connectivity index (χ1n) is 7.64. The summed E-state index contributed by atoms with van der Waals surface area (Å²) in [6.45, 7) is 4.90. The molecule has 0 aliphatic rings. The number of nitrogens with one attached hydrogen (secondary N) is 1. The van der Waals surface area contributed by atoms with Crippen molar-refractivity contribution in [3.8, 4) is 0 Å². The van der Waals surface area contributed by atoms with Gasteiger partial charge in [0.15, 0.2) is 0 Å². The Balaban J connectivity index is 2.13. The molecule has 4 heteroatoms. The zero-order valence-corrected chi connectivity index (χ0v) is 13.0. The molecule has 1 aromatic carbocycles. The van der Waals surface area contributed by atoms with Crippen LogP contribution in [-0.4, -0.2) is 25.0 Å². The molecule has 0 unspecified atom stereocenters. The zero-order chi connectivity index (χ0) is 15.5. The van der Waals surface area contributed by atoms with Crippen LogP contribution in [-0.2, 0) is 9.53 Å². The second kappa shape index (κ2) is 9.97. The third-order valence-electron chi connectivity index (χ3n) is 3.19. The minimum absolute atomic E-state index is 0.161. The molecule has 0 saturated heterocycles. The van der Waals surface area contributed by atoms with E-state index in [1.54, 1.807) is 12.1 Å². The third kappa shape index (κ3) is 7.49. The molecule has 1 rings (SSSR count). The van der Waals surface area contributed by atoms with E-state index >= 15 is 0 Å². The second-order valence-electron chi connectivity index (χ2n) is 5.15. The molecular weight excluding hydrogens is 266 g/mol. The molecule has 1 amide bonds. The number of carbonyl (C=O) groups excluding carboxylic acids is 2. The lowest BCUT2D eigenvalue weighted by atomic mass is 10.1. The summed E-state index contributed by atoms with van der Waals surface area (Å²) in [4.78, 5) is 23.3. The molecule has 4 nitrogen and oxygen atoms in total. The molecule has 0 aliphatic heterocycles. The second-order valence-corrected chi connectivity index (χ2v) is 5.15. The van der Waals surface area contributed by atoms with Gasteiger partial charge in [-0.25, -0.2) is 0 Å². The lowest BCUT2D eigenvalue weighted by Crippen LogP contribution is -2.26. The number of aryl methyl sites for hydroxylation is 1. The summed E-state index contributed by atoms with van der Waals surface area (Å²) in [5.41, 5.74) is 1.71. The molecule has 0 atom stereocenters. The van der Waals surface area contributed by atoms with E-state index in [9.17, 15) is 9.59 Å². The van der Waals surface area contributed by atoms with Crippen LogP contribution in [0.25, 0.3) is 0 Å². The van der Waals surface area contributed by atoms with Crippen molar-refractivity contribution in [2.45, 2.75) is 46.0 Å². The topological polar surface area (TPSA) is 55.4 Å². The molecule has 116 valence electrons. The highest BCUT2D eigenvalue weighted by Gasteiger charge is 2.07. The van der Waals surface area contributed by atoms with Crippen LogP contribution in [0, 0.1) is 6.92 Å². The summed E-state index contributed by atoms with van der Waals surface area (Å²) in [6.07, 6.45) is 4.55. The summed E-state index contributed by atoms with van der Waals surface area (Å²) in [5.74, 6) is -0.415. The fraction of sp³-hybridized carbons (Fsp3) is 0.529. The number of carbonyl (C=O) groups is 2. The quantitative estimate of drug-likeness (QED) is 0.561. The summed E-state index contributed by atoms with van der Waals surface area (Å²) in [5, 5.41) is 2.72. The van der Waals surface area contributed by atoms with Crippen molar-refractivity contribution in [2.75, 3.05) is 13.2 Å². The highest BCUT2D eigenvalue weighted by molar-refractivity contribution is 5.94. The zero-order valence-electron chi connectivity index (χ0n) is 13.0. The van der Waals surface area contributed by atoms with Crippen molar-refractivity contribution >= 4 is 11.9 Å². The smallest absolute Gasteiger partial charge is 0.307 e. The Morgan fingerprint density at radius 2 is 1.81 bits per heavy atom. The van der Waals surface area contributed by atoms with Crippen molar-refractivity contribution in [1.82, 2.24) is 5.32 Å². The number of ether oxygens (including phenoxy) is 1. The van der Waals surface area contributed by atoms with Crippen LogP contribution in [0.1, 0.15) is 54.9 Å². The van der Waals surface area contributed by atoms with Gasteiger partial charge in [-0.1, -0.05) is 43.9 Å². The molecule has 1 aromatic rings. The van der Waals surface area contributed by atoms with Gasteiger partial charge in [-0.3, -0.25) is 9.59 Å². The molecule has 0 heterocycles. The number of hydrogen-bond acceptors (Lipinski definition) is 3. The lowest BCUT2D eigenvalue weighted by Gasteiger charge is -2.06. The molecule has 0 spiro atoms. The first kappa shape index (κ1) is 17.2. The van der Waals surface area contributed by atoms with E-state index < -0.39 is 0 Å². The standard InChI is InChI=1S/C17H25NO3/c1-3-4-5-6-13-21-16(19)11-12-18-17(20)15-9-7-14(2)8-10-15/h7-10H,3-6,11-13H2,1-2H3,(H,18,20).